The maximum Gasteiger partial charge on any atom is 0.303 e. The first-order valence-electron chi connectivity index (χ1n) is 17.7. The van der Waals surface area contributed by atoms with Crippen molar-refractivity contribution in [2.75, 3.05) is 37.9 Å². The van der Waals surface area contributed by atoms with E-state index in [1.807, 2.05) is 25.1 Å². The van der Waals surface area contributed by atoms with Gasteiger partial charge in [-0.2, -0.15) is 0 Å². The first kappa shape index (κ1) is 54.2. The average Bonchev–Trinajstić information content (AvgIpc) is 3.02. The van der Waals surface area contributed by atoms with Gasteiger partial charge in [0.05, 0.1) is 6.61 Å². The molecule has 0 heterocycles. The minimum absolute atomic E-state index is 0. The van der Waals surface area contributed by atoms with E-state index >= 15 is 0 Å². The van der Waals surface area contributed by atoms with Gasteiger partial charge in [0, 0.05) is 41.6 Å². The Morgan fingerprint density at radius 3 is 1.57 bits per heavy atom. The number of carbonyl (C=O) groups excluding carboxylic acids is 4. The molecular formula is C40H66Br2ClNO8Si2. The average molecular weight is 940 g/mol. The fourth-order valence-electron chi connectivity index (χ4n) is 3.89. The summed E-state index contributed by atoms with van der Waals surface area (Å²) in [4.78, 5) is 45.0. The third kappa shape index (κ3) is 21.4. The summed E-state index contributed by atoms with van der Waals surface area (Å²) in [6, 6.07) is 12.3. The van der Waals surface area contributed by atoms with Crippen LogP contribution >= 0.6 is 43.5 Å². The highest BCUT2D eigenvalue weighted by Gasteiger charge is 2.38. The van der Waals surface area contributed by atoms with Crippen molar-refractivity contribution in [1.82, 2.24) is 0 Å². The highest BCUT2D eigenvalue weighted by Crippen LogP contribution is 2.37. The lowest BCUT2D eigenvalue weighted by molar-refractivity contribution is -0.145. The molecule has 0 aliphatic heterocycles. The maximum atomic E-state index is 12.6. The Labute approximate surface area is 350 Å². The molecule has 2 rings (SSSR count). The summed E-state index contributed by atoms with van der Waals surface area (Å²) in [5.41, 5.74) is 4.50. The highest BCUT2D eigenvalue weighted by molar-refractivity contribution is 9.10. The molecule has 0 aromatic heterocycles. The van der Waals surface area contributed by atoms with Gasteiger partial charge in [0.15, 0.2) is 29.8 Å². The van der Waals surface area contributed by atoms with E-state index in [9.17, 15) is 19.2 Å². The standard InChI is InChI=1S/C19H30BrNO4Si.C16H27BrOSi.C4H5ClO3.CH4/c1-14-12-16(8-9-17(14)20)21(18(23)13-24-15(2)22)10-11-25-26(6,7)19(3,4)5;1-13-12-14(9-10-15(13)17)8-7-11-18-19(5,6)16(2,3)4;1-3(6)8-2-4(5)7;/h8-9,12H,10-11,13H2,1-7H3;9-10,12H,7-8,11H2,1-6H3;2H2,1H3;1H4. The normalized spacial score (nSPS) is 11.5. The quantitative estimate of drug-likeness (QED) is 0.0797. The minimum Gasteiger partial charge on any atom is -0.456 e. The number of ether oxygens (including phenoxy) is 2. The van der Waals surface area contributed by atoms with Crippen LogP contribution in [0.4, 0.5) is 5.69 Å². The SMILES string of the molecule is C.CC(=O)OCC(=O)Cl.CC(=O)OCC(=O)N(CCO[Si](C)(C)C(C)(C)C)c1ccc(Br)c(C)c1.Cc1cc(CCCO[Si](C)(C)C(C)(C)C)ccc1Br. The van der Waals surface area contributed by atoms with Crippen LogP contribution in [0.1, 0.15) is 85.9 Å². The van der Waals surface area contributed by atoms with Gasteiger partial charge in [0.25, 0.3) is 11.1 Å². The van der Waals surface area contributed by atoms with Gasteiger partial charge in [-0.25, -0.2) is 0 Å². The van der Waals surface area contributed by atoms with Crippen molar-refractivity contribution in [3.8, 4) is 0 Å². The molecular weight excluding hydrogens is 874 g/mol. The molecule has 54 heavy (non-hydrogen) atoms. The molecule has 2 aromatic carbocycles. The zero-order chi connectivity index (χ0) is 41.4. The van der Waals surface area contributed by atoms with E-state index in [0.717, 1.165) is 35.2 Å². The Kier molecular flexibility index (Phi) is 24.8. The lowest BCUT2D eigenvalue weighted by atomic mass is 10.1. The summed E-state index contributed by atoms with van der Waals surface area (Å²) in [5, 5.41) is -0.255. The van der Waals surface area contributed by atoms with Crippen LogP contribution in [0.15, 0.2) is 45.3 Å². The molecule has 0 unspecified atom stereocenters. The number of rotatable bonds is 14. The Hall–Kier alpha value is -1.88. The largest absolute Gasteiger partial charge is 0.456 e. The molecule has 0 atom stereocenters. The number of hydrogen-bond donors (Lipinski definition) is 0. The Morgan fingerprint density at radius 2 is 1.17 bits per heavy atom. The Balaban J connectivity index is 0. The van der Waals surface area contributed by atoms with Gasteiger partial charge >= 0.3 is 11.9 Å². The van der Waals surface area contributed by atoms with Crippen molar-refractivity contribution in [2.45, 2.75) is 126 Å². The second-order valence-corrected chi connectivity index (χ2v) is 27.5. The van der Waals surface area contributed by atoms with Crippen molar-refractivity contribution < 1.29 is 37.5 Å². The van der Waals surface area contributed by atoms with E-state index in [0.29, 0.717) is 18.2 Å². The van der Waals surface area contributed by atoms with Crippen LogP contribution in [0.3, 0.4) is 0 Å². The van der Waals surface area contributed by atoms with E-state index in [2.05, 4.69) is 129 Å². The van der Waals surface area contributed by atoms with Crippen LogP contribution in [0.2, 0.25) is 36.3 Å². The van der Waals surface area contributed by atoms with Gasteiger partial charge in [0.2, 0.25) is 0 Å². The van der Waals surface area contributed by atoms with Gasteiger partial charge in [-0.3, -0.25) is 19.2 Å². The first-order valence-corrected chi connectivity index (χ1v) is 25.4. The van der Waals surface area contributed by atoms with Crippen LogP contribution in [0.5, 0.6) is 0 Å². The van der Waals surface area contributed by atoms with Crippen LogP contribution < -0.4 is 4.90 Å². The molecule has 0 saturated carbocycles. The minimum atomic E-state index is -1.89. The number of anilines is 1. The van der Waals surface area contributed by atoms with Crippen molar-refractivity contribution in [3.05, 3.63) is 62.0 Å². The first-order chi connectivity index (χ1) is 24.1. The predicted molar refractivity (Wildman–Crippen MR) is 236 cm³/mol. The topological polar surface area (TPSA) is 108 Å². The van der Waals surface area contributed by atoms with Gasteiger partial charge in [-0.15, -0.1) is 0 Å². The molecule has 0 aliphatic carbocycles. The van der Waals surface area contributed by atoms with Crippen molar-refractivity contribution in [1.29, 1.82) is 0 Å². The molecule has 0 spiro atoms. The molecule has 0 radical (unpaired) electrons. The van der Waals surface area contributed by atoms with Gasteiger partial charge in [0.1, 0.15) is 0 Å². The Morgan fingerprint density at radius 1 is 0.722 bits per heavy atom. The van der Waals surface area contributed by atoms with Gasteiger partial charge < -0.3 is 23.2 Å². The molecule has 0 saturated heterocycles. The monoisotopic (exact) mass is 937 g/mol. The highest BCUT2D eigenvalue weighted by atomic mass is 79.9. The number of esters is 2. The predicted octanol–water partition coefficient (Wildman–Crippen LogP) is 11.3. The maximum absolute atomic E-state index is 12.6. The van der Waals surface area contributed by atoms with Crippen LogP contribution in [-0.4, -0.2) is 72.7 Å². The van der Waals surface area contributed by atoms with Crippen molar-refractivity contribution >= 4 is 88.9 Å². The summed E-state index contributed by atoms with van der Waals surface area (Å²) in [6.45, 7) is 30.1. The van der Waals surface area contributed by atoms with E-state index in [1.54, 1.807) is 4.90 Å². The number of hydrogen-bond acceptors (Lipinski definition) is 8. The summed E-state index contributed by atoms with van der Waals surface area (Å²) < 4.78 is 23.6. The van der Waals surface area contributed by atoms with E-state index < -0.39 is 33.8 Å². The molecule has 0 aliphatic rings. The third-order valence-electron chi connectivity index (χ3n) is 9.23. The smallest absolute Gasteiger partial charge is 0.303 e. The molecule has 1 amide bonds. The lowest BCUT2D eigenvalue weighted by Crippen LogP contribution is -2.44. The van der Waals surface area contributed by atoms with Gasteiger partial charge in [-0.1, -0.05) is 93.0 Å². The third-order valence-corrected chi connectivity index (χ3v) is 20.2. The molecule has 14 heteroatoms. The summed E-state index contributed by atoms with van der Waals surface area (Å²) in [7, 11) is -3.46. The number of nitrogens with zero attached hydrogens (tertiary/aromatic N) is 1. The fourth-order valence-corrected chi connectivity index (χ4v) is 6.56. The summed E-state index contributed by atoms with van der Waals surface area (Å²) >= 11 is 11.8. The number of benzene rings is 2. The van der Waals surface area contributed by atoms with E-state index in [-0.39, 0.29) is 31.6 Å². The molecule has 0 fully saturated rings. The van der Waals surface area contributed by atoms with Crippen LogP contribution in [-0.2, 0) is 43.9 Å². The molecule has 0 N–H and O–H groups in total. The Bertz CT molecular complexity index is 1490. The summed E-state index contributed by atoms with van der Waals surface area (Å²) in [5.74, 6) is -1.23. The van der Waals surface area contributed by atoms with Gasteiger partial charge in [-0.05, 0) is 116 Å². The number of carbonyl (C=O) groups is 4. The zero-order valence-electron chi connectivity index (χ0n) is 34.3. The second-order valence-electron chi connectivity index (χ2n) is 15.8. The van der Waals surface area contributed by atoms with Crippen molar-refractivity contribution in [3.63, 3.8) is 0 Å². The fraction of sp³-hybridized carbons (Fsp3) is 0.600. The lowest BCUT2D eigenvalue weighted by Gasteiger charge is -2.36. The zero-order valence-corrected chi connectivity index (χ0v) is 40.2. The second kappa shape index (κ2) is 24.7. The number of aryl methyl sites for hydroxylation is 3. The number of amides is 1. The molecule has 0 bridgehead atoms. The van der Waals surface area contributed by atoms with E-state index in [1.165, 1.54) is 29.4 Å². The van der Waals surface area contributed by atoms with Crippen LogP contribution in [0, 0.1) is 13.8 Å². The number of halogens is 3. The van der Waals surface area contributed by atoms with Crippen LogP contribution in [0.25, 0.3) is 0 Å². The molecule has 308 valence electrons. The molecule has 2 aromatic rings. The molecule has 9 nitrogen and oxygen atoms in total. The summed E-state index contributed by atoms with van der Waals surface area (Å²) in [6.07, 6.45) is 2.20. The van der Waals surface area contributed by atoms with Crippen molar-refractivity contribution in [2.24, 2.45) is 0 Å². The van der Waals surface area contributed by atoms with E-state index in [4.69, 9.17) is 25.2 Å².